The number of benzene rings is 1. The monoisotopic (exact) mass is 266 g/mol. The van der Waals surface area contributed by atoms with Gasteiger partial charge in [0.2, 0.25) is 0 Å². The fraction of sp³-hybridized carbons (Fsp3) is 0.647. The molecular weight excluding hydrogens is 236 g/mol. The Morgan fingerprint density at radius 1 is 1.05 bits per heavy atom. The van der Waals surface area contributed by atoms with Gasteiger partial charge in [-0.05, 0) is 36.0 Å². The lowest BCUT2D eigenvalue weighted by Gasteiger charge is -2.19. The quantitative estimate of drug-likeness (QED) is 0.705. The summed E-state index contributed by atoms with van der Waals surface area (Å²) in [5.41, 5.74) is 2.70. The van der Waals surface area contributed by atoms with Gasteiger partial charge in [-0.15, -0.1) is 0 Å². The van der Waals surface area contributed by atoms with Crippen molar-refractivity contribution in [2.24, 2.45) is 0 Å². The summed E-state index contributed by atoms with van der Waals surface area (Å²) in [4.78, 5) is 0. The van der Waals surface area contributed by atoms with Crippen molar-refractivity contribution in [3.05, 3.63) is 23.3 Å². The summed E-state index contributed by atoms with van der Waals surface area (Å²) in [6.07, 6.45) is 3.33. The van der Waals surface area contributed by atoms with Crippen molar-refractivity contribution >= 4 is 0 Å². The summed E-state index contributed by atoms with van der Waals surface area (Å²) >= 11 is 0. The Bertz CT molecular complexity index is 359. The molecule has 1 atom stereocenters. The van der Waals surface area contributed by atoms with Crippen LogP contribution in [0.15, 0.2) is 12.1 Å². The van der Waals surface area contributed by atoms with Gasteiger partial charge in [-0.3, -0.25) is 0 Å². The Morgan fingerprint density at radius 2 is 1.68 bits per heavy atom. The van der Waals surface area contributed by atoms with Crippen molar-refractivity contribution in [3.63, 3.8) is 0 Å². The number of methoxy groups -OCH3 is 2. The third-order valence-electron chi connectivity index (χ3n) is 3.32. The van der Waals surface area contributed by atoms with E-state index in [2.05, 4.69) is 26.8 Å². The minimum atomic E-state index is 0.542. The summed E-state index contributed by atoms with van der Waals surface area (Å²) in [6.45, 7) is 10.7. The normalized spacial score (nSPS) is 11.3. The Balaban J connectivity index is 0.00000154. The molecule has 0 bridgehead atoms. The van der Waals surface area contributed by atoms with Gasteiger partial charge in [0.25, 0.3) is 0 Å². The van der Waals surface area contributed by atoms with Crippen LogP contribution in [-0.4, -0.2) is 14.2 Å². The summed E-state index contributed by atoms with van der Waals surface area (Å²) in [5.74, 6) is 2.39. The first kappa shape index (κ1) is 17.8. The summed E-state index contributed by atoms with van der Waals surface area (Å²) in [5, 5.41) is 0. The smallest absolute Gasteiger partial charge is 0.126 e. The van der Waals surface area contributed by atoms with E-state index in [4.69, 9.17) is 9.47 Å². The molecule has 0 aromatic heterocycles. The molecule has 110 valence electrons. The van der Waals surface area contributed by atoms with Crippen molar-refractivity contribution in [2.45, 2.75) is 59.8 Å². The SMILES string of the molecule is CC.CCCc1c(OC)cc(OC)cc1C(C)CC. The highest BCUT2D eigenvalue weighted by Crippen LogP contribution is 2.35. The lowest BCUT2D eigenvalue weighted by atomic mass is 9.90. The van der Waals surface area contributed by atoms with E-state index in [0.29, 0.717) is 5.92 Å². The topological polar surface area (TPSA) is 18.5 Å². The molecule has 0 aliphatic rings. The molecule has 0 aliphatic heterocycles. The largest absolute Gasteiger partial charge is 0.497 e. The van der Waals surface area contributed by atoms with Crippen LogP contribution in [0.3, 0.4) is 0 Å². The van der Waals surface area contributed by atoms with Crippen LogP contribution in [0.1, 0.15) is 64.5 Å². The maximum absolute atomic E-state index is 5.50. The third-order valence-corrected chi connectivity index (χ3v) is 3.32. The fourth-order valence-electron chi connectivity index (χ4n) is 2.12. The molecule has 0 aliphatic carbocycles. The van der Waals surface area contributed by atoms with E-state index >= 15 is 0 Å². The predicted octanol–water partition coefficient (Wildman–Crippen LogP) is 5.20. The Hall–Kier alpha value is -1.18. The minimum absolute atomic E-state index is 0.542. The maximum Gasteiger partial charge on any atom is 0.126 e. The van der Waals surface area contributed by atoms with Crippen LogP contribution in [0.5, 0.6) is 11.5 Å². The molecule has 1 rings (SSSR count). The highest BCUT2D eigenvalue weighted by Gasteiger charge is 2.15. The first-order valence-electron chi connectivity index (χ1n) is 7.42. The lowest BCUT2D eigenvalue weighted by molar-refractivity contribution is 0.388. The lowest BCUT2D eigenvalue weighted by Crippen LogP contribution is -2.03. The van der Waals surface area contributed by atoms with Crippen molar-refractivity contribution in [1.82, 2.24) is 0 Å². The fourth-order valence-corrected chi connectivity index (χ4v) is 2.12. The van der Waals surface area contributed by atoms with Crippen LogP contribution in [0, 0.1) is 0 Å². The van der Waals surface area contributed by atoms with Gasteiger partial charge in [0.1, 0.15) is 11.5 Å². The molecule has 0 fully saturated rings. The van der Waals surface area contributed by atoms with Crippen LogP contribution in [0.25, 0.3) is 0 Å². The zero-order valence-electron chi connectivity index (χ0n) is 13.7. The molecule has 0 radical (unpaired) electrons. The highest BCUT2D eigenvalue weighted by molar-refractivity contribution is 5.48. The zero-order valence-corrected chi connectivity index (χ0v) is 13.7. The molecule has 0 amide bonds. The Kier molecular flexibility index (Phi) is 9.11. The van der Waals surface area contributed by atoms with Gasteiger partial charge in [0.15, 0.2) is 0 Å². The minimum Gasteiger partial charge on any atom is -0.497 e. The second-order valence-electron chi connectivity index (χ2n) is 4.46. The molecule has 2 nitrogen and oxygen atoms in total. The average Bonchev–Trinajstić information content (AvgIpc) is 2.48. The first-order chi connectivity index (χ1) is 9.17. The summed E-state index contributed by atoms with van der Waals surface area (Å²) in [6, 6.07) is 4.14. The van der Waals surface area contributed by atoms with E-state index in [1.165, 1.54) is 11.1 Å². The molecule has 0 saturated heterocycles. The molecule has 1 unspecified atom stereocenters. The standard InChI is InChI=1S/C15H24O2.C2H6/c1-6-8-13-14(11(3)7-2)9-12(16-4)10-15(13)17-5;1-2/h9-11H,6-8H2,1-5H3;1-2H3. The van der Waals surface area contributed by atoms with E-state index in [-0.39, 0.29) is 0 Å². The second kappa shape index (κ2) is 9.71. The van der Waals surface area contributed by atoms with Gasteiger partial charge in [-0.1, -0.05) is 41.0 Å². The van der Waals surface area contributed by atoms with Crippen LogP contribution in [0.2, 0.25) is 0 Å². The van der Waals surface area contributed by atoms with Crippen LogP contribution in [0.4, 0.5) is 0 Å². The van der Waals surface area contributed by atoms with Gasteiger partial charge in [0.05, 0.1) is 14.2 Å². The Morgan fingerprint density at radius 3 is 2.11 bits per heavy atom. The molecule has 1 aromatic carbocycles. The van der Waals surface area contributed by atoms with Crippen molar-refractivity contribution in [2.75, 3.05) is 14.2 Å². The molecule has 19 heavy (non-hydrogen) atoms. The van der Waals surface area contributed by atoms with Gasteiger partial charge in [-0.25, -0.2) is 0 Å². The van der Waals surface area contributed by atoms with Gasteiger partial charge >= 0.3 is 0 Å². The van der Waals surface area contributed by atoms with Crippen molar-refractivity contribution in [3.8, 4) is 11.5 Å². The van der Waals surface area contributed by atoms with E-state index in [9.17, 15) is 0 Å². The number of rotatable bonds is 6. The summed E-state index contributed by atoms with van der Waals surface area (Å²) < 4.78 is 10.8. The van der Waals surface area contributed by atoms with E-state index in [1.54, 1.807) is 14.2 Å². The highest BCUT2D eigenvalue weighted by atomic mass is 16.5. The van der Waals surface area contributed by atoms with E-state index in [0.717, 1.165) is 30.8 Å². The number of hydrogen-bond donors (Lipinski definition) is 0. The van der Waals surface area contributed by atoms with E-state index < -0.39 is 0 Å². The Labute approximate surface area is 119 Å². The molecule has 0 N–H and O–H groups in total. The van der Waals surface area contributed by atoms with Gasteiger partial charge in [-0.2, -0.15) is 0 Å². The number of hydrogen-bond acceptors (Lipinski definition) is 2. The number of ether oxygens (including phenoxy) is 2. The molecule has 1 aromatic rings. The third kappa shape index (κ3) is 4.77. The molecular formula is C17H30O2. The predicted molar refractivity (Wildman–Crippen MR) is 83.6 cm³/mol. The molecule has 0 spiro atoms. The first-order valence-corrected chi connectivity index (χ1v) is 7.42. The second-order valence-corrected chi connectivity index (χ2v) is 4.46. The van der Waals surface area contributed by atoms with Crippen LogP contribution in [-0.2, 0) is 6.42 Å². The molecule has 0 heterocycles. The van der Waals surface area contributed by atoms with Crippen LogP contribution >= 0.6 is 0 Å². The van der Waals surface area contributed by atoms with Gasteiger partial charge in [0, 0.05) is 6.07 Å². The van der Waals surface area contributed by atoms with Crippen molar-refractivity contribution in [1.29, 1.82) is 0 Å². The van der Waals surface area contributed by atoms with Crippen molar-refractivity contribution < 1.29 is 9.47 Å². The van der Waals surface area contributed by atoms with Crippen LogP contribution < -0.4 is 9.47 Å². The maximum atomic E-state index is 5.50. The summed E-state index contributed by atoms with van der Waals surface area (Å²) in [7, 11) is 3.43. The average molecular weight is 266 g/mol. The van der Waals surface area contributed by atoms with E-state index in [1.807, 2.05) is 19.9 Å². The molecule has 2 heteroatoms. The molecule has 0 saturated carbocycles. The zero-order chi connectivity index (χ0) is 14.8. The van der Waals surface area contributed by atoms with Gasteiger partial charge < -0.3 is 9.47 Å².